The lowest BCUT2D eigenvalue weighted by molar-refractivity contribution is -0.172. The lowest BCUT2D eigenvalue weighted by Crippen LogP contribution is -2.44. The highest BCUT2D eigenvalue weighted by atomic mass is 31.2. The summed E-state index contributed by atoms with van der Waals surface area (Å²) < 4.78 is 82.6. The van der Waals surface area contributed by atoms with Crippen LogP contribution >= 0.6 is 15.3 Å². The Bertz CT molecular complexity index is 2910. The zero-order valence-electron chi connectivity index (χ0n) is 41.6. The van der Waals surface area contributed by atoms with E-state index in [4.69, 9.17) is 43.9 Å². The number of esters is 1. The Balaban J connectivity index is 0.990. The minimum Gasteiger partial charge on any atom is -0.458 e. The molecule has 0 bridgehead atoms. The number of amides is 2. The fourth-order valence-electron chi connectivity index (χ4n) is 9.19. The minimum absolute atomic E-state index is 0.0321. The van der Waals surface area contributed by atoms with Gasteiger partial charge in [0, 0.05) is 73.0 Å². The molecule has 2 aromatic heterocycles. The van der Waals surface area contributed by atoms with Gasteiger partial charge >= 0.3 is 21.2 Å². The second kappa shape index (κ2) is 24.3. The molecule has 4 heterocycles. The quantitative estimate of drug-likeness (QED) is 0.0122. The molecule has 4 atom stereocenters. The third kappa shape index (κ3) is 12.4. The Morgan fingerprint density at radius 1 is 1.00 bits per heavy atom. The van der Waals surface area contributed by atoms with Crippen LogP contribution < -0.4 is 26.4 Å². The summed E-state index contributed by atoms with van der Waals surface area (Å²) in [6.45, 7) is 7.29. The van der Waals surface area contributed by atoms with Crippen molar-refractivity contribution >= 4 is 49.6 Å². The van der Waals surface area contributed by atoms with E-state index < -0.39 is 63.1 Å². The maximum Gasteiger partial charge on any atom is 0.406 e. The summed E-state index contributed by atoms with van der Waals surface area (Å²) in [5, 5.41) is 23.5. The van der Waals surface area contributed by atoms with Crippen molar-refractivity contribution < 1.29 is 65.5 Å². The van der Waals surface area contributed by atoms with Crippen LogP contribution in [0.2, 0.25) is 0 Å². The Morgan fingerprint density at radius 3 is 2.44 bits per heavy atom. The van der Waals surface area contributed by atoms with E-state index in [9.17, 15) is 33.4 Å². The number of ether oxygens (including phenoxy) is 4. The Morgan fingerprint density at radius 2 is 1.74 bits per heavy atom. The molecule has 5 N–H and O–H groups in total. The van der Waals surface area contributed by atoms with Crippen molar-refractivity contribution in [2.75, 3.05) is 64.9 Å². The normalized spacial score (nSPS) is 18.2. The molecule has 0 fully saturated rings. The summed E-state index contributed by atoms with van der Waals surface area (Å²) >= 11 is 0. The minimum atomic E-state index is -4.20. The second-order valence-electron chi connectivity index (χ2n) is 17.6. The SMILES string of the molecule is C#CP(=O)(Nc1ccc(C(=O)NCCCCCOP(=O)(NCC(OCC)OCC)OCC(=O)N[C@H]2CCc3c(C)c(F)cc4nc5c(c2c34)Cn2c-5cc3c(c2=O)COC(=O)[C@]3(O)CC)cc1)OCCCOC. The number of benzene rings is 2. The van der Waals surface area contributed by atoms with Crippen LogP contribution in [0.4, 0.5) is 10.1 Å². The molecular formula is C50H63FN6O14P2. The predicted molar refractivity (Wildman–Crippen MR) is 268 cm³/mol. The highest BCUT2D eigenvalue weighted by Crippen LogP contribution is 2.48. The molecule has 4 aromatic rings. The number of carbonyl (C=O) groups excluding carboxylic acids is 3. The first kappa shape index (κ1) is 55.4. The molecule has 0 saturated carbocycles. The molecule has 7 rings (SSSR count). The number of methoxy groups -OCH3 is 1. The number of aryl methyl sites for hydroxylation is 1. The van der Waals surface area contributed by atoms with E-state index in [1.807, 2.05) is 0 Å². The van der Waals surface area contributed by atoms with Crippen molar-refractivity contribution in [3.05, 3.63) is 91.5 Å². The van der Waals surface area contributed by atoms with Gasteiger partial charge in [-0.05, 0) is 113 Å². The maximum absolute atomic E-state index is 15.5. The predicted octanol–water partition coefficient (Wildman–Crippen LogP) is 6.61. The second-order valence-corrected chi connectivity index (χ2v) is 21.3. The fraction of sp³-hybridized carbons (Fsp3) is 0.500. The highest BCUT2D eigenvalue weighted by Gasteiger charge is 2.46. The number of carbonyl (C=O) groups is 3. The molecule has 0 spiro atoms. The Kier molecular flexibility index (Phi) is 18.5. The number of aromatic nitrogens is 2. The van der Waals surface area contributed by atoms with E-state index in [0.717, 1.165) is 5.56 Å². The van der Waals surface area contributed by atoms with Gasteiger partial charge in [0.25, 0.3) is 11.5 Å². The lowest BCUT2D eigenvalue weighted by Gasteiger charge is -2.31. The summed E-state index contributed by atoms with van der Waals surface area (Å²) in [5.74, 6) is -2.28. The van der Waals surface area contributed by atoms with Gasteiger partial charge in [-0.1, -0.05) is 6.92 Å². The van der Waals surface area contributed by atoms with Crippen molar-refractivity contribution in [1.82, 2.24) is 25.3 Å². The molecule has 1 aliphatic carbocycles. The number of pyridine rings is 2. The van der Waals surface area contributed by atoms with E-state index in [-0.39, 0.29) is 56.4 Å². The number of halogens is 1. The van der Waals surface area contributed by atoms with Gasteiger partial charge in [-0.3, -0.25) is 28.0 Å². The first-order valence-electron chi connectivity index (χ1n) is 24.4. The van der Waals surface area contributed by atoms with Crippen molar-refractivity contribution in [3.63, 3.8) is 0 Å². The summed E-state index contributed by atoms with van der Waals surface area (Å²) in [6, 6.07) is 8.50. The van der Waals surface area contributed by atoms with Crippen LogP contribution in [0, 0.1) is 24.8 Å². The first-order valence-corrected chi connectivity index (χ1v) is 27.6. The van der Waals surface area contributed by atoms with Crippen LogP contribution in [-0.4, -0.2) is 98.6 Å². The van der Waals surface area contributed by atoms with E-state index in [0.29, 0.717) is 115 Å². The zero-order valence-corrected chi connectivity index (χ0v) is 43.4. The number of rotatable bonds is 27. The molecule has 394 valence electrons. The number of nitrogens with one attached hydrogen (secondary N) is 4. The highest BCUT2D eigenvalue weighted by molar-refractivity contribution is 7.65. The van der Waals surface area contributed by atoms with E-state index >= 15 is 4.39 Å². The summed E-state index contributed by atoms with van der Waals surface area (Å²) in [5.41, 5.74) is 4.15. The monoisotopic (exact) mass is 1050 g/mol. The van der Waals surface area contributed by atoms with Crippen LogP contribution in [0.15, 0.2) is 41.2 Å². The van der Waals surface area contributed by atoms with Gasteiger partial charge in [-0.15, -0.1) is 6.42 Å². The van der Waals surface area contributed by atoms with Crippen molar-refractivity contribution in [2.45, 2.75) is 104 Å². The molecule has 23 heteroatoms. The van der Waals surface area contributed by atoms with Gasteiger partial charge in [-0.25, -0.2) is 23.8 Å². The molecule has 73 heavy (non-hydrogen) atoms. The number of fused-ring (bicyclic) bond motifs is 5. The Hall–Kier alpha value is -5.36. The molecule has 0 radical (unpaired) electrons. The summed E-state index contributed by atoms with van der Waals surface area (Å²) in [7, 11) is -6.24. The number of nitrogens with zero attached hydrogens (tertiary/aromatic N) is 2. The number of terminal acetylenes is 1. The number of hydrogen-bond acceptors (Lipinski definition) is 15. The van der Waals surface area contributed by atoms with Crippen LogP contribution in [-0.2, 0) is 76.4 Å². The van der Waals surface area contributed by atoms with Crippen molar-refractivity contribution in [1.29, 1.82) is 0 Å². The topological polar surface area (TPSA) is 253 Å². The maximum atomic E-state index is 15.5. The van der Waals surface area contributed by atoms with Gasteiger partial charge in [0.2, 0.25) is 5.91 Å². The van der Waals surface area contributed by atoms with Crippen LogP contribution in [0.25, 0.3) is 22.3 Å². The first-order chi connectivity index (χ1) is 35.0. The molecule has 2 unspecified atom stereocenters. The largest absolute Gasteiger partial charge is 0.458 e. The Labute approximate surface area is 422 Å². The number of anilines is 1. The van der Waals surface area contributed by atoms with E-state index in [1.165, 1.54) is 10.6 Å². The molecule has 3 aliphatic rings. The molecule has 20 nitrogen and oxygen atoms in total. The van der Waals surface area contributed by atoms with Crippen molar-refractivity contribution in [3.8, 4) is 23.5 Å². The van der Waals surface area contributed by atoms with Gasteiger partial charge in [0.05, 0.1) is 54.8 Å². The summed E-state index contributed by atoms with van der Waals surface area (Å²) in [4.78, 5) is 58.5. The molecule has 0 saturated heterocycles. The smallest absolute Gasteiger partial charge is 0.406 e. The summed E-state index contributed by atoms with van der Waals surface area (Å²) in [6.07, 6.45) is 7.41. The van der Waals surface area contributed by atoms with Crippen LogP contribution in [0.1, 0.15) is 109 Å². The van der Waals surface area contributed by atoms with E-state index in [2.05, 4.69) is 26.5 Å². The average molecular weight is 1050 g/mol. The fourth-order valence-corrected chi connectivity index (χ4v) is 11.6. The van der Waals surface area contributed by atoms with Gasteiger partial charge in [0.15, 0.2) is 11.9 Å². The lowest BCUT2D eigenvalue weighted by atomic mass is 9.81. The molecular weight excluding hydrogens is 990 g/mol. The number of cyclic esters (lactones) is 1. The van der Waals surface area contributed by atoms with E-state index in [1.54, 1.807) is 65.1 Å². The number of hydrogen-bond donors (Lipinski definition) is 5. The van der Waals surface area contributed by atoms with Crippen LogP contribution in [0.5, 0.6) is 0 Å². The zero-order chi connectivity index (χ0) is 52.5. The van der Waals surface area contributed by atoms with Crippen molar-refractivity contribution in [2.24, 2.45) is 0 Å². The third-order valence-electron chi connectivity index (χ3n) is 13.0. The number of unbranched alkanes of at least 4 members (excludes halogenated alkanes) is 2. The van der Waals surface area contributed by atoms with Gasteiger partial charge in [-0.2, -0.15) is 0 Å². The number of aliphatic hydroxyl groups is 1. The molecule has 2 aliphatic heterocycles. The molecule has 2 amide bonds. The van der Waals surface area contributed by atoms with Gasteiger partial charge in [0.1, 0.15) is 19.0 Å². The van der Waals surface area contributed by atoms with Crippen LogP contribution in [0.3, 0.4) is 0 Å². The third-order valence-corrected chi connectivity index (χ3v) is 16.0. The van der Waals surface area contributed by atoms with Gasteiger partial charge < -0.3 is 48.9 Å². The average Bonchev–Trinajstić information content (AvgIpc) is 3.75. The molecule has 2 aromatic carbocycles. The standard InChI is InChI=1S/C50H63FN6O14P2/c1-7-50(62)37-25-41-46-35(28-57(41)48(60)36(37)29-68-49(50)61)45-39(20-19-34-31(5)38(51)26-40(55-46)44(34)45)54-42(58)30-71-73(64,53-27-43(66-8-2)67-9-3)70-23-13-11-12-21-52-47(59)32-15-17-33(18-16-32)56-72(63,10-4)69-24-14-22-65-6/h4,15-18,25-26,39,43,62H,7-9,11-14,19-24,27-30H2,1-3,5-6H3,(H,52,59)(H,53,64)(H,54,58)(H,56,63)/t39-,50-,72?,73?/m0/s1.